The molecule has 0 spiro atoms. The van der Waals surface area contributed by atoms with E-state index in [9.17, 15) is 0 Å². The average molecular weight is 517 g/mol. The molecule has 0 radical (unpaired) electrons. The van der Waals surface area contributed by atoms with Gasteiger partial charge in [0.15, 0.2) is 0 Å². The summed E-state index contributed by atoms with van der Waals surface area (Å²) < 4.78 is 8.82. The molecule has 0 saturated carbocycles. The topological polar surface area (TPSA) is 9.23 Å². The van der Waals surface area contributed by atoms with Crippen molar-refractivity contribution in [1.29, 1.82) is 0 Å². The summed E-state index contributed by atoms with van der Waals surface area (Å²) in [5, 5.41) is 2.67. The molecule has 1 aliphatic heterocycles. The van der Waals surface area contributed by atoms with E-state index in [1.807, 2.05) is 11.3 Å². The van der Waals surface area contributed by atoms with Crippen LogP contribution in [0.2, 0.25) is 0 Å². The Morgan fingerprint density at radius 3 is 2.13 bits per heavy atom. The second kappa shape index (κ2) is 8.97. The lowest BCUT2D eigenvalue weighted by Gasteiger charge is -2.23. The largest absolute Gasteiger partial charge is 0.488 e. The first-order chi connectivity index (χ1) is 19.3. The van der Waals surface area contributed by atoms with E-state index >= 15 is 0 Å². The predicted octanol–water partition coefficient (Wildman–Crippen LogP) is 10.6. The van der Waals surface area contributed by atoms with Crippen LogP contribution in [0.25, 0.3) is 64.7 Å². The van der Waals surface area contributed by atoms with Gasteiger partial charge in [-0.15, -0.1) is 11.3 Å². The van der Waals surface area contributed by atoms with Gasteiger partial charge in [0.25, 0.3) is 0 Å². The Morgan fingerprint density at radius 1 is 0.487 bits per heavy atom. The Balaban J connectivity index is 1.19. The maximum atomic E-state index is 6.13. The van der Waals surface area contributed by atoms with Crippen LogP contribution in [0.3, 0.4) is 0 Å². The van der Waals surface area contributed by atoms with Crippen LogP contribution in [0.5, 0.6) is 5.75 Å². The molecular formula is C37H24OS. The van der Waals surface area contributed by atoms with Gasteiger partial charge >= 0.3 is 0 Å². The fourth-order valence-corrected chi connectivity index (χ4v) is 7.14. The number of hydrogen-bond donors (Lipinski definition) is 0. The molecule has 2 heteroatoms. The van der Waals surface area contributed by atoms with Gasteiger partial charge < -0.3 is 4.74 Å². The molecule has 0 bridgehead atoms. The van der Waals surface area contributed by atoms with Crippen LogP contribution in [-0.4, -0.2) is 0 Å². The third kappa shape index (κ3) is 3.68. The van der Waals surface area contributed by atoms with Gasteiger partial charge in [0.1, 0.15) is 12.4 Å². The Hall–Kier alpha value is -4.66. The van der Waals surface area contributed by atoms with Crippen LogP contribution < -0.4 is 4.74 Å². The van der Waals surface area contributed by atoms with Crippen LogP contribution in [-0.2, 0) is 6.61 Å². The van der Waals surface area contributed by atoms with Gasteiger partial charge in [-0.2, -0.15) is 0 Å². The van der Waals surface area contributed by atoms with Crippen LogP contribution in [0, 0.1) is 0 Å². The molecule has 0 saturated heterocycles. The van der Waals surface area contributed by atoms with Crippen LogP contribution in [0.4, 0.5) is 0 Å². The molecule has 0 atom stereocenters. The molecule has 1 aliphatic rings. The van der Waals surface area contributed by atoms with Crippen molar-refractivity contribution < 1.29 is 4.74 Å². The standard InChI is InChI=1S/C37H24OS/c1-2-11-30-28(8-1)23-38-34-16-7-13-29(36(30)34)27-10-5-9-26(22-27)24-18-20-25(21-19-24)31-14-6-15-33-32-12-3-4-17-35(32)39-37(31)33/h1-22H,23H2. The average Bonchev–Trinajstić information content (AvgIpc) is 3.40. The number of hydrogen-bond acceptors (Lipinski definition) is 2. The zero-order valence-electron chi connectivity index (χ0n) is 21.2. The molecule has 0 N–H and O–H groups in total. The number of fused-ring (bicyclic) bond motifs is 6. The first kappa shape index (κ1) is 22.3. The first-order valence-corrected chi connectivity index (χ1v) is 14.1. The highest BCUT2D eigenvalue weighted by molar-refractivity contribution is 7.26. The molecule has 1 nitrogen and oxygen atoms in total. The molecule has 0 amide bonds. The molecule has 1 aromatic heterocycles. The molecule has 2 heterocycles. The highest BCUT2D eigenvalue weighted by atomic mass is 32.1. The summed E-state index contributed by atoms with van der Waals surface area (Å²) in [7, 11) is 0. The normalized spacial score (nSPS) is 12.2. The van der Waals surface area contributed by atoms with E-state index in [0.717, 1.165) is 5.75 Å². The monoisotopic (exact) mass is 516 g/mol. The van der Waals surface area contributed by atoms with Crippen LogP contribution >= 0.6 is 11.3 Å². The quantitative estimate of drug-likeness (QED) is 0.227. The van der Waals surface area contributed by atoms with Crippen LogP contribution in [0.1, 0.15) is 5.56 Å². The smallest absolute Gasteiger partial charge is 0.128 e. The summed E-state index contributed by atoms with van der Waals surface area (Å²) in [6, 6.07) is 48.2. The third-order valence-electron chi connectivity index (χ3n) is 7.80. The molecular weight excluding hydrogens is 492 g/mol. The summed E-state index contributed by atoms with van der Waals surface area (Å²) in [6.45, 7) is 0.619. The SMILES string of the molecule is c1cc(-c2ccc(-c3cccc4c3sc3ccccc34)cc2)cc(-c2cccc3c2-c2ccccc2CO3)c1. The molecule has 6 aromatic carbocycles. The zero-order valence-corrected chi connectivity index (χ0v) is 22.0. The van der Waals surface area contributed by atoms with E-state index in [0.29, 0.717) is 6.61 Å². The predicted molar refractivity (Wildman–Crippen MR) is 165 cm³/mol. The minimum Gasteiger partial charge on any atom is -0.488 e. The summed E-state index contributed by atoms with van der Waals surface area (Å²) in [4.78, 5) is 0. The summed E-state index contributed by atoms with van der Waals surface area (Å²) in [5.74, 6) is 0.955. The lowest BCUT2D eigenvalue weighted by Crippen LogP contribution is -2.06. The van der Waals surface area contributed by atoms with Crippen molar-refractivity contribution in [3.63, 3.8) is 0 Å². The minimum atomic E-state index is 0.619. The van der Waals surface area contributed by atoms with Crippen molar-refractivity contribution in [1.82, 2.24) is 0 Å². The van der Waals surface area contributed by atoms with Gasteiger partial charge in [0.05, 0.1) is 0 Å². The van der Waals surface area contributed by atoms with Gasteiger partial charge in [-0.05, 0) is 62.7 Å². The number of ether oxygens (including phenoxy) is 1. The summed E-state index contributed by atoms with van der Waals surface area (Å²) in [5.41, 5.74) is 11.0. The highest BCUT2D eigenvalue weighted by Crippen LogP contribution is 2.45. The van der Waals surface area contributed by atoms with Gasteiger partial charge in [-0.25, -0.2) is 0 Å². The second-order valence-electron chi connectivity index (χ2n) is 10.1. The van der Waals surface area contributed by atoms with Crippen molar-refractivity contribution in [3.05, 3.63) is 139 Å². The molecule has 7 aromatic rings. The molecule has 8 rings (SSSR count). The van der Waals surface area contributed by atoms with Crippen molar-refractivity contribution >= 4 is 31.5 Å². The Bertz CT molecular complexity index is 2010. The van der Waals surface area contributed by atoms with E-state index in [1.165, 1.54) is 70.2 Å². The molecule has 184 valence electrons. The van der Waals surface area contributed by atoms with E-state index in [-0.39, 0.29) is 0 Å². The number of rotatable bonds is 3. The zero-order chi connectivity index (χ0) is 25.8. The fraction of sp³-hybridized carbons (Fsp3) is 0.0270. The Labute approximate surface area is 231 Å². The minimum absolute atomic E-state index is 0.619. The third-order valence-corrected chi connectivity index (χ3v) is 9.02. The first-order valence-electron chi connectivity index (χ1n) is 13.3. The fourth-order valence-electron chi connectivity index (χ4n) is 5.90. The van der Waals surface area contributed by atoms with Gasteiger partial charge in [0.2, 0.25) is 0 Å². The molecule has 39 heavy (non-hydrogen) atoms. The van der Waals surface area contributed by atoms with E-state index < -0.39 is 0 Å². The van der Waals surface area contributed by atoms with E-state index in [1.54, 1.807) is 0 Å². The molecule has 0 aliphatic carbocycles. The van der Waals surface area contributed by atoms with Gasteiger partial charge in [-0.3, -0.25) is 0 Å². The Morgan fingerprint density at radius 2 is 1.18 bits per heavy atom. The van der Waals surface area contributed by atoms with E-state index in [4.69, 9.17) is 4.74 Å². The number of thiophene rings is 1. The highest BCUT2D eigenvalue weighted by Gasteiger charge is 2.21. The summed E-state index contributed by atoms with van der Waals surface area (Å²) in [6.07, 6.45) is 0. The van der Waals surface area contributed by atoms with Gasteiger partial charge in [-0.1, -0.05) is 115 Å². The van der Waals surface area contributed by atoms with Crippen molar-refractivity contribution in [2.75, 3.05) is 0 Å². The maximum Gasteiger partial charge on any atom is 0.128 e. The lowest BCUT2D eigenvalue weighted by atomic mass is 9.89. The lowest BCUT2D eigenvalue weighted by molar-refractivity contribution is 0.302. The van der Waals surface area contributed by atoms with Crippen molar-refractivity contribution in [2.45, 2.75) is 6.61 Å². The van der Waals surface area contributed by atoms with Crippen molar-refractivity contribution in [2.24, 2.45) is 0 Å². The summed E-state index contributed by atoms with van der Waals surface area (Å²) >= 11 is 1.88. The maximum absolute atomic E-state index is 6.13. The second-order valence-corrected chi connectivity index (χ2v) is 11.1. The molecule has 0 unspecified atom stereocenters. The van der Waals surface area contributed by atoms with Crippen LogP contribution in [0.15, 0.2) is 133 Å². The Kier molecular flexibility index (Phi) is 5.14. The van der Waals surface area contributed by atoms with Crippen molar-refractivity contribution in [3.8, 4) is 50.3 Å². The molecule has 0 fully saturated rings. The van der Waals surface area contributed by atoms with Gasteiger partial charge in [0, 0.05) is 25.7 Å². The van der Waals surface area contributed by atoms with E-state index in [2.05, 4.69) is 133 Å². The number of benzene rings is 6.